The highest BCUT2D eigenvalue weighted by Crippen LogP contribution is 2.87. The quantitative estimate of drug-likeness (QED) is 0.315. The second-order valence-electron chi connectivity index (χ2n) is 14.7. The minimum absolute atomic E-state index is 0.0292. The van der Waals surface area contributed by atoms with E-state index in [4.69, 9.17) is 9.47 Å². The number of aliphatic hydroxyl groups is 1. The van der Waals surface area contributed by atoms with E-state index in [2.05, 4.69) is 33.4 Å². The maximum atomic E-state index is 13.5. The third-order valence-corrected chi connectivity index (χ3v) is 13.1. The van der Waals surface area contributed by atoms with Crippen molar-refractivity contribution in [3.63, 3.8) is 0 Å². The van der Waals surface area contributed by atoms with Gasteiger partial charge in [0.1, 0.15) is 12.2 Å². The Balaban J connectivity index is 1.45. The van der Waals surface area contributed by atoms with Crippen LogP contribution in [0.25, 0.3) is 0 Å². The van der Waals surface area contributed by atoms with Crippen molar-refractivity contribution in [1.29, 1.82) is 0 Å². The second kappa shape index (κ2) is 9.89. The fourth-order valence-electron chi connectivity index (χ4n) is 10.9. The first kappa shape index (κ1) is 30.2. The standard InChI is InChI=1S/C34H48O7/c1-18(16-40-22(5)35)19(2)29(38)30(39)21(4)28-26(41-23(6)36)15-32(8)27-10-9-24-20(3)25(37)11-12-33(24)17-34(27,33)14-13-31(28,32)7/h11-12,18,20-21,24,26-28,30,39H,2,9-10,13-17H2,1,3-8H3/t18-,20-,21?,24-,26-,27-,28-,30+,31+,32-,33?,34?/m0/s1. The molecule has 0 aromatic carbocycles. The summed E-state index contributed by atoms with van der Waals surface area (Å²) in [5.41, 5.74) is 0.0575. The largest absolute Gasteiger partial charge is 0.465 e. The number of carbonyl (C=O) groups is 4. The lowest BCUT2D eigenvalue weighted by molar-refractivity contribution is -0.155. The topological polar surface area (TPSA) is 107 Å². The number of ether oxygens (including phenoxy) is 2. The van der Waals surface area contributed by atoms with Crippen molar-refractivity contribution in [2.45, 2.75) is 99.2 Å². The molecule has 5 rings (SSSR count). The monoisotopic (exact) mass is 568 g/mol. The van der Waals surface area contributed by atoms with Crippen molar-refractivity contribution in [2.75, 3.05) is 6.61 Å². The molecule has 5 aliphatic rings. The van der Waals surface area contributed by atoms with Crippen LogP contribution in [-0.2, 0) is 28.7 Å². The second-order valence-corrected chi connectivity index (χ2v) is 14.7. The van der Waals surface area contributed by atoms with Gasteiger partial charge in [-0.3, -0.25) is 19.2 Å². The number of esters is 2. The van der Waals surface area contributed by atoms with Gasteiger partial charge in [0.05, 0.1) is 6.61 Å². The lowest BCUT2D eigenvalue weighted by atomic mass is 9.43. The van der Waals surface area contributed by atoms with Gasteiger partial charge in [0.25, 0.3) is 0 Å². The van der Waals surface area contributed by atoms with Crippen LogP contribution < -0.4 is 0 Å². The number of rotatable bonds is 8. The number of aliphatic hydroxyl groups excluding tert-OH is 1. The molecule has 5 aliphatic carbocycles. The van der Waals surface area contributed by atoms with Crippen LogP contribution in [0.1, 0.15) is 87.0 Å². The van der Waals surface area contributed by atoms with Gasteiger partial charge in [-0.2, -0.15) is 0 Å². The van der Waals surface area contributed by atoms with Gasteiger partial charge in [-0.1, -0.05) is 47.3 Å². The highest BCUT2D eigenvalue weighted by molar-refractivity contribution is 5.98. The molecule has 2 spiro atoms. The average Bonchev–Trinajstić information content (AvgIpc) is 3.52. The van der Waals surface area contributed by atoms with Gasteiger partial charge in [0, 0.05) is 31.6 Å². The van der Waals surface area contributed by atoms with Crippen LogP contribution in [0.3, 0.4) is 0 Å². The number of carbonyl (C=O) groups excluding carboxylic acids is 4. The van der Waals surface area contributed by atoms with E-state index in [1.54, 1.807) is 6.92 Å². The molecule has 3 unspecified atom stereocenters. The smallest absolute Gasteiger partial charge is 0.302 e. The van der Waals surface area contributed by atoms with Crippen LogP contribution in [0.15, 0.2) is 24.3 Å². The zero-order valence-electron chi connectivity index (χ0n) is 25.8. The molecule has 0 aromatic heterocycles. The predicted molar refractivity (Wildman–Crippen MR) is 153 cm³/mol. The van der Waals surface area contributed by atoms with Crippen molar-refractivity contribution < 1.29 is 33.8 Å². The average molecular weight is 569 g/mol. The molecular weight excluding hydrogens is 520 g/mol. The zero-order valence-corrected chi connectivity index (χ0v) is 25.8. The first-order valence-electron chi connectivity index (χ1n) is 15.5. The SMILES string of the molecule is C=C(C(=O)[C@H](O)C(C)[C@H]1[C@@H](OC(C)=O)C[C@@]2(C)[C@@H]3CC[C@H]4[C@H](C)C(=O)C=CC45CC35CC[C@]12C)[C@@H](C)COC(C)=O. The lowest BCUT2D eigenvalue weighted by Gasteiger charge is -2.61. The van der Waals surface area contributed by atoms with E-state index in [1.807, 2.05) is 13.0 Å². The fraction of sp³-hybridized carbons (Fsp3) is 0.765. The van der Waals surface area contributed by atoms with E-state index in [9.17, 15) is 24.3 Å². The molecule has 0 saturated heterocycles. The molecule has 0 amide bonds. The van der Waals surface area contributed by atoms with Crippen LogP contribution >= 0.6 is 0 Å². The molecule has 1 N–H and O–H groups in total. The summed E-state index contributed by atoms with van der Waals surface area (Å²) >= 11 is 0. The van der Waals surface area contributed by atoms with Crippen molar-refractivity contribution in [2.24, 2.45) is 57.2 Å². The molecule has 4 saturated carbocycles. The highest BCUT2D eigenvalue weighted by Gasteiger charge is 2.81. The molecule has 7 nitrogen and oxygen atoms in total. The van der Waals surface area contributed by atoms with Gasteiger partial charge in [-0.25, -0.2) is 0 Å². The first-order chi connectivity index (χ1) is 19.1. The van der Waals surface area contributed by atoms with Gasteiger partial charge in [0.15, 0.2) is 11.6 Å². The molecule has 0 aliphatic heterocycles. The summed E-state index contributed by atoms with van der Waals surface area (Å²) in [7, 11) is 0. The van der Waals surface area contributed by atoms with E-state index < -0.39 is 35.8 Å². The summed E-state index contributed by atoms with van der Waals surface area (Å²) in [5, 5.41) is 11.5. The Morgan fingerprint density at radius 2 is 1.78 bits per heavy atom. The molecule has 0 aromatic rings. The summed E-state index contributed by atoms with van der Waals surface area (Å²) in [6.07, 6.45) is 8.23. The van der Waals surface area contributed by atoms with Gasteiger partial charge in [-0.05, 0) is 89.6 Å². The summed E-state index contributed by atoms with van der Waals surface area (Å²) < 4.78 is 11.1. The maximum Gasteiger partial charge on any atom is 0.302 e. The van der Waals surface area contributed by atoms with E-state index in [0.29, 0.717) is 18.3 Å². The zero-order chi connectivity index (χ0) is 30.3. The van der Waals surface area contributed by atoms with Crippen LogP contribution in [0.2, 0.25) is 0 Å². The van der Waals surface area contributed by atoms with Gasteiger partial charge < -0.3 is 14.6 Å². The summed E-state index contributed by atoms with van der Waals surface area (Å²) in [6, 6.07) is 0. The molecule has 41 heavy (non-hydrogen) atoms. The summed E-state index contributed by atoms with van der Waals surface area (Å²) in [5.74, 6) is -1.21. The number of allylic oxidation sites excluding steroid dienone is 2. The third kappa shape index (κ3) is 4.15. The minimum atomic E-state index is -1.31. The van der Waals surface area contributed by atoms with Crippen molar-refractivity contribution in [3.8, 4) is 0 Å². The molecule has 7 heteroatoms. The molecule has 0 radical (unpaired) electrons. The summed E-state index contributed by atoms with van der Waals surface area (Å²) in [6.45, 7) is 17.1. The Bertz CT molecular complexity index is 1200. The number of fused-ring (bicyclic) bond motifs is 2. The normalized spacial score (nSPS) is 44.3. The van der Waals surface area contributed by atoms with Crippen molar-refractivity contribution in [1.82, 2.24) is 0 Å². The van der Waals surface area contributed by atoms with Crippen LogP contribution in [0, 0.1) is 57.2 Å². The fourth-order valence-corrected chi connectivity index (χ4v) is 10.9. The van der Waals surface area contributed by atoms with Crippen LogP contribution in [0.5, 0.6) is 0 Å². The maximum absolute atomic E-state index is 13.5. The number of hydrogen-bond donors (Lipinski definition) is 1. The van der Waals surface area contributed by atoms with Crippen LogP contribution in [-0.4, -0.2) is 47.4 Å². The van der Waals surface area contributed by atoms with Gasteiger partial charge >= 0.3 is 11.9 Å². The Morgan fingerprint density at radius 3 is 2.41 bits per heavy atom. The third-order valence-electron chi connectivity index (χ3n) is 13.1. The molecule has 0 bridgehead atoms. The molecular formula is C34H48O7. The van der Waals surface area contributed by atoms with Gasteiger partial charge in [0.2, 0.25) is 0 Å². The minimum Gasteiger partial charge on any atom is -0.465 e. The van der Waals surface area contributed by atoms with E-state index >= 15 is 0 Å². The van der Waals surface area contributed by atoms with E-state index in [-0.39, 0.29) is 57.4 Å². The van der Waals surface area contributed by atoms with Crippen LogP contribution in [0.4, 0.5) is 0 Å². The lowest BCUT2D eigenvalue weighted by Crippen LogP contribution is -2.56. The van der Waals surface area contributed by atoms with Crippen molar-refractivity contribution >= 4 is 23.5 Å². The van der Waals surface area contributed by atoms with Crippen molar-refractivity contribution in [3.05, 3.63) is 24.3 Å². The molecule has 0 heterocycles. The van der Waals surface area contributed by atoms with E-state index in [1.165, 1.54) is 13.8 Å². The van der Waals surface area contributed by atoms with Gasteiger partial charge in [-0.15, -0.1) is 0 Å². The number of hydrogen-bond acceptors (Lipinski definition) is 7. The number of Topliss-reactive ketones (excluding diaryl/α,β-unsaturated/α-hetero) is 1. The Labute approximate surface area is 244 Å². The Kier molecular flexibility index (Phi) is 7.28. The Hall–Kier alpha value is -2.28. The molecule has 226 valence electrons. The first-order valence-corrected chi connectivity index (χ1v) is 15.5. The predicted octanol–water partition coefficient (Wildman–Crippen LogP) is 5.24. The summed E-state index contributed by atoms with van der Waals surface area (Å²) in [4.78, 5) is 49.7. The Morgan fingerprint density at radius 1 is 1.10 bits per heavy atom. The number of ketones is 2. The van der Waals surface area contributed by atoms with E-state index in [0.717, 1.165) is 32.1 Å². The molecule has 4 fully saturated rings. The highest BCUT2D eigenvalue weighted by atomic mass is 16.5. The molecule has 12 atom stereocenters.